The zero-order chi connectivity index (χ0) is 17.8. The third-order valence-electron chi connectivity index (χ3n) is 3.87. The molecule has 25 heavy (non-hydrogen) atoms. The van der Waals surface area contributed by atoms with Crippen molar-refractivity contribution in [3.05, 3.63) is 82.4 Å². The number of hydrogen-bond acceptors (Lipinski definition) is 6. The highest BCUT2D eigenvalue weighted by molar-refractivity contribution is 5.51. The van der Waals surface area contributed by atoms with E-state index in [1.54, 1.807) is 41.6 Å². The fraction of sp³-hybridized carbons (Fsp3) is 0.118. The zero-order valence-electron chi connectivity index (χ0n) is 13.4. The average Bonchev–Trinajstić information content (AvgIpc) is 3.16. The monoisotopic (exact) mass is 334 g/mol. The van der Waals surface area contributed by atoms with Crippen LogP contribution in [0.3, 0.4) is 0 Å². The van der Waals surface area contributed by atoms with E-state index < -0.39 is 4.92 Å². The number of nitrogens with zero attached hydrogens (tertiary/aromatic N) is 6. The molecule has 8 heteroatoms. The maximum atomic E-state index is 10.8. The van der Waals surface area contributed by atoms with Crippen LogP contribution in [0.5, 0.6) is 0 Å². The van der Waals surface area contributed by atoms with Crippen LogP contribution < -0.4 is 5.01 Å². The van der Waals surface area contributed by atoms with Gasteiger partial charge in [0.25, 0.3) is 5.69 Å². The van der Waals surface area contributed by atoms with Crippen molar-refractivity contribution in [2.45, 2.75) is 13.0 Å². The van der Waals surface area contributed by atoms with Crippen molar-refractivity contribution in [1.82, 2.24) is 14.9 Å². The Bertz CT molecular complexity index is 898. The van der Waals surface area contributed by atoms with E-state index in [-0.39, 0.29) is 11.7 Å². The molecule has 0 aliphatic carbocycles. The van der Waals surface area contributed by atoms with Gasteiger partial charge in [0.1, 0.15) is 12.7 Å². The van der Waals surface area contributed by atoms with Gasteiger partial charge in [0.05, 0.1) is 28.3 Å². The number of nitriles is 1. The zero-order valence-corrected chi connectivity index (χ0v) is 13.4. The molecule has 0 N–H and O–H groups in total. The van der Waals surface area contributed by atoms with Crippen LogP contribution in [0.15, 0.2) is 61.2 Å². The minimum absolute atomic E-state index is 0.0465. The molecule has 3 rings (SSSR count). The summed E-state index contributed by atoms with van der Waals surface area (Å²) in [5.41, 5.74) is 2.34. The topological polar surface area (TPSA) is 101 Å². The van der Waals surface area contributed by atoms with E-state index in [0.717, 1.165) is 11.3 Å². The summed E-state index contributed by atoms with van der Waals surface area (Å²) in [7, 11) is 0. The Morgan fingerprint density at radius 3 is 2.24 bits per heavy atom. The maximum Gasteiger partial charge on any atom is 0.269 e. The van der Waals surface area contributed by atoms with Gasteiger partial charge >= 0.3 is 0 Å². The van der Waals surface area contributed by atoms with Gasteiger partial charge in [-0.3, -0.25) is 15.1 Å². The number of rotatable bonds is 5. The van der Waals surface area contributed by atoms with E-state index in [9.17, 15) is 10.1 Å². The van der Waals surface area contributed by atoms with Crippen LogP contribution >= 0.6 is 0 Å². The third-order valence-corrected chi connectivity index (χ3v) is 3.87. The second kappa shape index (κ2) is 6.80. The van der Waals surface area contributed by atoms with Crippen molar-refractivity contribution < 1.29 is 4.92 Å². The second-order valence-electron chi connectivity index (χ2n) is 5.37. The molecule has 0 spiro atoms. The number of nitro benzene ring substituents is 1. The van der Waals surface area contributed by atoms with Gasteiger partial charge in [0.2, 0.25) is 0 Å². The van der Waals surface area contributed by atoms with Crippen LogP contribution in [0.4, 0.5) is 11.4 Å². The molecule has 0 saturated heterocycles. The summed E-state index contributed by atoms with van der Waals surface area (Å²) in [4.78, 5) is 10.4. The van der Waals surface area contributed by atoms with E-state index in [1.165, 1.54) is 12.1 Å². The normalized spacial score (nSPS) is 11.5. The maximum absolute atomic E-state index is 10.8. The Morgan fingerprint density at radius 1 is 1.12 bits per heavy atom. The van der Waals surface area contributed by atoms with Gasteiger partial charge in [0.15, 0.2) is 0 Å². The highest BCUT2D eigenvalue weighted by Gasteiger charge is 2.19. The number of anilines is 1. The van der Waals surface area contributed by atoms with Gasteiger partial charge in [-0.1, -0.05) is 12.1 Å². The van der Waals surface area contributed by atoms with E-state index in [0.29, 0.717) is 5.56 Å². The molecule has 3 aromatic rings. The molecular formula is C17H14N6O2. The molecular weight excluding hydrogens is 320 g/mol. The Morgan fingerprint density at radius 2 is 1.72 bits per heavy atom. The predicted molar refractivity (Wildman–Crippen MR) is 90.6 cm³/mol. The van der Waals surface area contributed by atoms with Crippen LogP contribution in [0.2, 0.25) is 0 Å². The third kappa shape index (κ3) is 3.30. The molecule has 8 nitrogen and oxygen atoms in total. The van der Waals surface area contributed by atoms with Crippen molar-refractivity contribution in [2.24, 2.45) is 0 Å². The second-order valence-corrected chi connectivity index (χ2v) is 5.37. The van der Waals surface area contributed by atoms with Crippen LogP contribution in [0, 0.1) is 21.4 Å². The summed E-state index contributed by atoms with van der Waals surface area (Å²) in [6.45, 7) is 1.97. The van der Waals surface area contributed by atoms with Crippen molar-refractivity contribution >= 4 is 11.4 Å². The first-order chi connectivity index (χ1) is 12.1. The summed E-state index contributed by atoms with van der Waals surface area (Å²) in [6, 6.07) is 15.5. The molecule has 2 aromatic carbocycles. The SMILES string of the molecule is CC(c1ccc([N+](=O)[O-])cc1)N(c1ccc(C#N)cc1)n1cnnc1. The molecule has 0 aliphatic heterocycles. The molecule has 1 heterocycles. The molecule has 0 radical (unpaired) electrons. The van der Waals surface area contributed by atoms with E-state index >= 15 is 0 Å². The minimum Gasteiger partial charge on any atom is -0.272 e. The molecule has 1 aromatic heterocycles. The smallest absolute Gasteiger partial charge is 0.269 e. The summed E-state index contributed by atoms with van der Waals surface area (Å²) in [6.07, 6.45) is 3.14. The fourth-order valence-corrected chi connectivity index (χ4v) is 2.57. The lowest BCUT2D eigenvalue weighted by Gasteiger charge is -2.31. The quantitative estimate of drug-likeness (QED) is 0.525. The van der Waals surface area contributed by atoms with Crippen molar-refractivity contribution in [3.8, 4) is 6.07 Å². The Kier molecular flexibility index (Phi) is 4.39. The largest absolute Gasteiger partial charge is 0.272 e. The number of nitro groups is 1. The highest BCUT2D eigenvalue weighted by Crippen LogP contribution is 2.28. The fourth-order valence-electron chi connectivity index (χ4n) is 2.57. The van der Waals surface area contributed by atoms with Gasteiger partial charge < -0.3 is 0 Å². The minimum atomic E-state index is -0.424. The number of aromatic nitrogens is 3. The van der Waals surface area contributed by atoms with E-state index in [4.69, 9.17) is 5.26 Å². The van der Waals surface area contributed by atoms with Crippen molar-refractivity contribution in [3.63, 3.8) is 0 Å². The van der Waals surface area contributed by atoms with Gasteiger partial charge in [-0.25, -0.2) is 4.68 Å². The average molecular weight is 334 g/mol. The van der Waals surface area contributed by atoms with E-state index in [2.05, 4.69) is 16.3 Å². The van der Waals surface area contributed by atoms with Gasteiger partial charge in [-0.15, -0.1) is 10.2 Å². The Hall–Kier alpha value is -3.73. The van der Waals surface area contributed by atoms with Gasteiger partial charge in [-0.05, 0) is 36.8 Å². The molecule has 0 amide bonds. The van der Waals surface area contributed by atoms with Gasteiger partial charge in [0, 0.05) is 12.1 Å². The lowest BCUT2D eigenvalue weighted by Crippen LogP contribution is -2.31. The van der Waals surface area contributed by atoms with Crippen LogP contribution in [0.1, 0.15) is 24.1 Å². The lowest BCUT2D eigenvalue weighted by molar-refractivity contribution is -0.384. The summed E-state index contributed by atoms with van der Waals surface area (Å²) < 4.78 is 1.73. The molecule has 0 saturated carbocycles. The first-order valence-corrected chi connectivity index (χ1v) is 7.49. The van der Waals surface area contributed by atoms with Crippen LogP contribution in [-0.2, 0) is 0 Å². The standard InChI is InChI=1S/C17H14N6O2/c1-13(15-4-8-17(9-5-15)23(24)25)22(21-11-19-20-12-21)16-6-2-14(10-18)3-7-16/h2-9,11-13H,1H3. The molecule has 1 unspecified atom stereocenters. The number of non-ortho nitro benzene ring substituents is 1. The van der Waals surface area contributed by atoms with Crippen molar-refractivity contribution in [1.29, 1.82) is 5.26 Å². The molecule has 1 atom stereocenters. The first kappa shape index (κ1) is 16.1. The lowest BCUT2D eigenvalue weighted by atomic mass is 10.1. The Balaban J connectivity index is 1.99. The molecule has 0 bridgehead atoms. The Labute approximate surface area is 143 Å². The summed E-state index contributed by atoms with van der Waals surface area (Å²) in [5.74, 6) is 0. The first-order valence-electron chi connectivity index (χ1n) is 7.49. The summed E-state index contributed by atoms with van der Waals surface area (Å²) >= 11 is 0. The van der Waals surface area contributed by atoms with E-state index in [1.807, 2.05) is 24.1 Å². The molecule has 0 fully saturated rings. The summed E-state index contributed by atoms with van der Waals surface area (Å²) in [5, 5.41) is 29.4. The van der Waals surface area contributed by atoms with Crippen LogP contribution in [-0.4, -0.2) is 19.8 Å². The molecule has 0 aliphatic rings. The van der Waals surface area contributed by atoms with Gasteiger partial charge in [-0.2, -0.15) is 5.26 Å². The molecule has 124 valence electrons. The van der Waals surface area contributed by atoms with Crippen molar-refractivity contribution in [2.75, 3.05) is 5.01 Å². The highest BCUT2D eigenvalue weighted by atomic mass is 16.6. The van der Waals surface area contributed by atoms with Crippen LogP contribution in [0.25, 0.3) is 0 Å². The number of hydrogen-bond donors (Lipinski definition) is 0. The predicted octanol–water partition coefficient (Wildman–Crippen LogP) is 3.09. The number of benzene rings is 2.